The maximum absolute atomic E-state index is 13.5. The number of esters is 1. The number of alkyl halides is 3. The van der Waals surface area contributed by atoms with Gasteiger partial charge in [-0.05, 0) is 44.0 Å². The summed E-state index contributed by atoms with van der Waals surface area (Å²) in [5, 5.41) is 3.69. The van der Waals surface area contributed by atoms with Gasteiger partial charge in [0.1, 0.15) is 5.56 Å². The van der Waals surface area contributed by atoms with Crippen LogP contribution in [0.5, 0.6) is 0 Å². The molecule has 0 N–H and O–H groups in total. The number of benzene rings is 1. The molecule has 136 valence electrons. The van der Waals surface area contributed by atoms with Crippen molar-refractivity contribution in [2.75, 3.05) is 6.61 Å². The first-order valence-electron chi connectivity index (χ1n) is 7.93. The summed E-state index contributed by atoms with van der Waals surface area (Å²) in [4.78, 5) is 16.3. The van der Waals surface area contributed by atoms with Crippen LogP contribution in [0.1, 0.15) is 34.1 Å². The molecule has 5 nitrogen and oxygen atoms in total. The Balaban J connectivity index is 2.28. The van der Waals surface area contributed by atoms with Crippen LogP contribution in [0, 0.1) is 13.8 Å². The van der Waals surface area contributed by atoms with Crippen molar-refractivity contribution < 1.29 is 22.7 Å². The summed E-state index contributed by atoms with van der Waals surface area (Å²) in [6.07, 6.45) is -3.62. The van der Waals surface area contributed by atoms with Gasteiger partial charge in [0.2, 0.25) is 0 Å². The number of aromatic nitrogens is 3. The number of hydrogen-bond acceptors (Lipinski definition) is 4. The number of nitrogens with zero attached hydrogens (tertiary/aromatic N) is 3. The molecule has 3 rings (SSSR count). The molecule has 0 saturated carbocycles. The maximum Gasteiger partial charge on any atom is 0.433 e. The molecule has 2 heterocycles. The second-order valence-corrected chi connectivity index (χ2v) is 5.84. The van der Waals surface area contributed by atoms with Crippen LogP contribution >= 0.6 is 0 Å². The minimum atomic E-state index is -4.66. The number of aryl methyl sites for hydroxylation is 2. The molecular formula is C18H16F3N3O2. The van der Waals surface area contributed by atoms with Crippen molar-refractivity contribution in [3.8, 4) is 11.3 Å². The van der Waals surface area contributed by atoms with Crippen LogP contribution in [0.25, 0.3) is 16.9 Å². The molecule has 0 atom stereocenters. The summed E-state index contributed by atoms with van der Waals surface area (Å²) in [5.41, 5.74) is 1.27. The molecule has 0 aliphatic rings. The highest BCUT2D eigenvalue weighted by atomic mass is 19.4. The molecule has 3 aromatic rings. The summed E-state index contributed by atoms with van der Waals surface area (Å²) in [6.45, 7) is 5.48. The van der Waals surface area contributed by atoms with Crippen molar-refractivity contribution in [1.82, 2.24) is 14.6 Å². The third-order valence-corrected chi connectivity index (χ3v) is 4.06. The van der Waals surface area contributed by atoms with Gasteiger partial charge in [-0.2, -0.15) is 18.3 Å². The van der Waals surface area contributed by atoms with Gasteiger partial charge >= 0.3 is 12.1 Å². The van der Waals surface area contributed by atoms with E-state index in [0.717, 1.165) is 23.4 Å². The lowest BCUT2D eigenvalue weighted by Crippen LogP contribution is -2.14. The Bertz CT molecular complexity index is 993. The van der Waals surface area contributed by atoms with Gasteiger partial charge in [-0.3, -0.25) is 0 Å². The minimum Gasteiger partial charge on any atom is -0.462 e. The standard InChI is InChI=1S/C18H16F3N3O2/c1-4-26-17(25)13-9-22-24-15(18(19,20)21)8-14(23-16(13)24)12-6-5-10(2)11(3)7-12/h5-9H,4H2,1-3H3. The zero-order valence-electron chi connectivity index (χ0n) is 14.4. The smallest absolute Gasteiger partial charge is 0.433 e. The molecule has 0 aliphatic heterocycles. The lowest BCUT2D eigenvalue weighted by molar-refractivity contribution is -0.142. The van der Waals surface area contributed by atoms with Gasteiger partial charge in [0.15, 0.2) is 11.3 Å². The summed E-state index contributed by atoms with van der Waals surface area (Å²) < 4.78 is 46.0. The Kier molecular flexibility index (Phi) is 4.43. The van der Waals surface area contributed by atoms with E-state index in [1.165, 1.54) is 0 Å². The average molecular weight is 363 g/mol. The van der Waals surface area contributed by atoms with Crippen molar-refractivity contribution in [2.24, 2.45) is 0 Å². The van der Waals surface area contributed by atoms with Crippen molar-refractivity contribution in [3.63, 3.8) is 0 Å². The monoisotopic (exact) mass is 363 g/mol. The normalized spacial score (nSPS) is 11.8. The molecule has 0 fully saturated rings. The van der Waals surface area contributed by atoms with Gasteiger partial charge in [-0.15, -0.1) is 0 Å². The van der Waals surface area contributed by atoms with Crippen molar-refractivity contribution >= 4 is 11.6 Å². The Hall–Kier alpha value is -2.90. The fourth-order valence-corrected chi connectivity index (χ4v) is 2.57. The quantitative estimate of drug-likeness (QED) is 0.654. The second kappa shape index (κ2) is 6.44. The maximum atomic E-state index is 13.5. The van der Waals surface area contributed by atoms with E-state index in [4.69, 9.17) is 4.74 Å². The number of ether oxygens (including phenoxy) is 1. The van der Waals surface area contributed by atoms with E-state index in [9.17, 15) is 18.0 Å². The summed E-state index contributed by atoms with van der Waals surface area (Å²) in [7, 11) is 0. The summed E-state index contributed by atoms with van der Waals surface area (Å²) in [5.74, 6) is -0.764. The Morgan fingerprint density at radius 3 is 2.54 bits per heavy atom. The minimum absolute atomic E-state index is 0.0964. The van der Waals surface area contributed by atoms with Crippen LogP contribution in [-0.2, 0) is 10.9 Å². The molecular weight excluding hydrogens is 347 g/mol. The van der Waals surface area contributed by atoms with Gasteiger partial charge in [0.25, 0.3) is 0 Å². The number of carbonyl (C=O) groups excluding carboxylic acids is 1. The van der Waals surface area contributed by atoms with E-state index in [0.29, 0.717) is 10.1 Å². The molecule has 0 amide bonds. The Morgan fingerprint density at radius 2 is 1.92 bits per heavy atom. The molecule has 0 unspecified atom stereocenters. The molecule has 0 aliphatic carbocycles. The number of fused-ring (bicyclic) bond motifs is 1. The van der Waals surface area contributed by atoms with E-state index in [1.54, 1.807) is 19.1 Å². The molecule has 1 aromatic carbocycles. The molecule has 0 spiro atoms. The van der Waals surface area contributed by atoms with E-state index >= 15 is 0 Å². The van der Waals surface area contributed by atoms with Crippen LogP contribution in [0.3, 0.4) is 0 Å². The van der Waals surface area contributed by atoms with Crippen molar-refractivity contribution in [3.05, 3.63) is 52.8 Å². The first kappa shape index (κ1) is 17.9. The van der Waals surface area contributed by atoms with Gasteiger partial charge in [0.05, 0.1) is 18.5 Å². The van der Waals surface area contributed by atoms with Crippen LogP contribution in [0.4, 0.5) is 13.2 Å². The zero-order valence-corrected chi connectivity index (χ0v) is 14.4. The highest BCUT2D eigenvalue weighted by Crippen LogP contribution is 2.33. The fourth-order valence-electron chi connectivity index (χ4n) is 2.57. The largest absolute Gasteiger partial charge is 0.462 e. The van der Waals surface area contributed by atoms with E-state index in [-0.39, 0.29) is 23.5 Å². The third-order valence-electron chi connectivity index (χ3n) is 4.06. The number of halogens is 3. The summed E-state index contributed by atoms with van der Waals surface area (Å²) in [6, 6.07) is 6.20. The van der Waals surface area contributed by atoms with Gasteiger partial charge in [-0.25, -0.2) is 14.3 Å². The summed E-state index contributed by atoms with van der Waals surface area (Å²) >= 11 is 0. The van der Waals surface area contributed by atoms with E-state index < -0.39 is 17.8 Å². The lowest BCUT2D eigenvalue weighted by atomic mass is 10.0. The van der Waals surface area contributed by atoms with Gasteiger partial charge in [0, 0.05) is 5.56 Å². The average Bonchev–Trinajstić information content (AvgIpc) is 2.99. The Labute approximate surface area is 147 Å². The number of rotatable bonds is 3. The topological polar surface area (TPSA) is 56.5 Å². The first-order chi connectivity index (χ1) is 12.2. The SMILES string of the molecule is CCOC(=O)c1cnn2c(C(F)(F)F)cc(-c3ccc(C)c(C)c3)nc12. The number of carbonyl (C=O) groups is 1. The van der Waals surface area contributed by atoms with Gasteiger partial charge in [-0.1, -0.05) is 12.1 Å². The van der Waals surface area contributed by atoms with Crippen LogP contribution < -0.4 is 0 Å². The first-order valence-corrected chi connectivity index (χ1v) is 7.93. The Morgan fingerprint density at radius 1 is 1.19 bits per heavy atom. The predicted molar refractivity (Wildman–Crippen MR) is 88.9 cm³/mol. The molecule has 0 saturated heterocycles. The molecule has 26 heavy (non-hydrogen) atoms. The lowest BCUT2D eigenvalue weighted by Gasteiger charge is -2.12. The van der Waals surface area contributed by atoms with Crippen molar-refractivity contribution in [2.45, 2.75) is 26.9 Å². The predicted octanol–water partition coefficient (Wildman–Crippen LogP) is 4.21. The van der Waals surface area contributed by atoms with Crippen LogP contribution in [0.2, 0.25) is 0 Å². The fraction of sp³-hybridized carbons (Fsp3) is 0.278. The van der Waals surface area contributed by atoms with Crippen LogP contribution in [0.15, 0.2) is 30.5 Å². The second-order valence-electron chi connectivity index (χ2n) is 5.84. The highest BCUT2D eigenvalue weighted by molar-refractivity contribution is 5.96. The zero-order chi connectivity index (χ0) is 19.1. The molecule has 0 bridgehead atoms. The molecule has 0 radical (unpaired) electrons. The number of hydrogen-bond donors (Lipinski definition) is 0. The highest BCUT2D eigenvalue weighted by Gasteiger charge is 2.36. The molecule has 8 heteroatoms. The van der Waals surface area contributed by atoms with Crippen LogP contribution in [-0.4, -0.2) is 27.2 Å². The van der Waals surface area contributed by atoms with Crippen molar-refractivity contribution in [1.29, 1.82) is 0 Å². The van der Waals surface area contributed by atoms with E-state index in [1.807, 2.05) is 19.9 Å². The molecule has 2 aromatic heterocycles. The third kappa shape index (κ3) is 3.14. The van der Waals surface area contributed by atoms with Gasteiger partial charge < -0.3 is 4.74 Å². The van der Waals surface area contributed by atoms with E-state index in [2.05, 4.69) is 10.1 Å².